The zero-order chi connectivity index (χ0) is 14.6. The summed E-state index contributed by atoms with van der Waals surface area (Å²) in [5.41, 5.74) is 2.81. The van der Waals surface area contributed by atoms with Crippen molar-refractivity contribution in [2.75, 3.05) is 18.8 Å². The van der Waals surface area contributed by atoms with Crippen LogP contribution in [0.2, 0.25) is 0 Å². The third kappa shape index (κ3) is 1.99. The van der Waals surface area contributed by atoms with Crippen molar-refractivity contribution >= 4 is 22.7 Å². The summed E-state index contributed by atoms with van der Waals surface area (Å²) in [6, 6.07) is 2.94. The number of alkyl halides is 3. The predicted molar refractivity (Wildman–Crippen MR) is 77.9 cm³/mol. The van der Waals surface area contributed by atoms with Gasteiger partial charge in [-0.25, -0.2) is 0 Å². The van der Waals surface area contributed by atoms with E-state index >= 15 is 0 Å². The Morgan fingerprint density at radius 2 is 1.95 bits per heavy atom. The summed E-state index contributed by atoms with van der Waals surface area (Å²) < 4.78 is 41.8. The van der Waals surface area contributed by atoms with Gasteiger partial charge in [0, 0.05) is 41.2 Å². The molecule has 0 atom stereocenters. The molecule has 0 unspecified atom stereocenters. The Morgan fingerprint density at radius 3 is 2.76 bits per heavy atom. The molecule has 0 radical (unpaired) electrons. The average Bonchev–Trinajstić information content (AvgIpc) is 2.62. The Morgan fingerprint density at radius 1 is 1.14 bits per heavy atom. The first-order valence-electron chi connectivity index (χ1n) is 7.15. The molecule has 2 nitrogen and oxygen atoms in total. The predicted octanol–water partition coefficient (Wildman–Crippen LogP) is 3.45. The molecule has 1 aromatic heterocycles. The van der Waals surface area contributed by atoms with Crippen molar-refractivity contribution in [1.29, 1.82) is 0 Å². The molecule has 0 aliphatic carbocycles. The lowest BCUT2D eigenvalue weighted by Gasteiger charge is -2.21. The molecule has 0 spiro atoms. The number of halogens is 3. The topological polar surface area (TPSA) is 17.0 Å². The van der Waals surface area contributed by atoms with E-state index in [9.17, 15) is 13.2 Å². The van der Waals surface area contributed by atoms with Crippen molar-refractivity contribution in [3.05, 3.63) is 29.0 Å². The number of nitrogens with zero attached hydrogens (tertiary/aromatic N) is 1. The zero-order valence-electron chi connectivity index (χ0n) is 11.4. The van der Waals surface area contributed by atoms with Gasteiger partial charge in [-0.15, -0.1) is 11.8 Å². The van der Waals surface area contributed by atoms with Gasteiger partial charge in [-0.2, -0.15) is 13.2 Å². The minimum Gasteiger partial charge on any atom is -0.343 e. The minimum atomic E-state index is -4.28. The summed E-state index contributed by atoms with van der Waals surface area (Å²) in [5, 5.41) is 4.38. The van der Waals surface area contributed by atoms with Crippen LogP contribution in [0.15, 0.2) is 17.0 Å². The van der Waals surface area contributed by atoms with E-state index in [1.165, 1.54) is 29.1 Å². The maximum Gasteiger partial charge on any atom is 0.417 e. The molecule has 2 aromatic rings. The van der Waals surface area contributed by atoms with Crippen LogP contribution < -0.4 is 5.32 Å². The van der Waals surface area contributed by atoms with Gasteiger partial charge in [0.2, 0.25) is 0 Å². The second-order valence-electron chi connectivity index (χ2n) is 5.51. The number of fused-ring (bicyclic) bond motifs is 3. The fourth-order valence-corrected chi connectivity index (χ4v) is 4.68. The number of thioether (sulfide) groups is 1. The minimum absolute atomic E-state index is 0.423. The maximum atomic E-state index is 13.2. The lowest BCUT2D eigenvalue weighted by molar-refractivity contribution is -0.139. The van der Waals surface area contributed by atoms with Crippen LogP contribution in [-0.4, -0.2) is 23.4 Å². The van der Waals surface area contributed by atoms with Crippen molar-refractivity contribution in [3.63, 3.8) is 0 Å². The van der Waals surface area contributed by atoms with Crippen LogP contribution in [0.4, 0.5) is 13.2 Å². The third-order valence-corrected chi connectivity index (χ3v) is 5.45. The molecule has 0 fully saturated rings. The van der Waals surface area contributed by atoms with E-state index in [4.69, 9.17) is 0 Å². The van der Waals surface area contributed by atoms with Crippen LogP contribution >= 0.6 is 11.8 Å². The quantitative estimate of drug-likeness (QED) is 0.802. The standard InChI is InChI=1S/C15H15F3N2S/c16-15(17,18)11-2-1-10-9-3-5-19-6-4-12(9)20-7-8-21-14(11)13(10)20/h1-2,19H,3-8H2. The molecule has 0 saturated heterocycles. The fourth-order valence-electron chi connectivity index (χ4n) is 3.50. The summed E-state index contributed by atoms with van der Waals surface area (Å²) in [5.74, 6) is 0.712. The lowest BCUT2D eigenvalue weighted by atomic mass is 10.1. The van der Waals surface area contributed by atoms with Crippen LogP contribution in [0.5, 0.6) is 0 Å². The van der Waals surface area contributed by atoms with Gasteiger partial charge in [0.15, 0.2) is 0 Å². The molecule has 1 aromatic carbocycles. The Hall–Kier alpha value is -1.14. The van der Waals surface area contributed by atoms with Crippen molar-refractivity contribution in [1.82, 2.24) is 9.88 Å². The summed E-state index contributed by atoms with van der Waals surface area (Å²) in [4.78, 5) is 0.423. The largest absolute Gasteiger partial charge is 0.417 e. The van der Waals surface area contributed by atoms with Gasteiger partial charge in [-0.1, -0.05) is 6.07 Å². The molecule has 6 heteroatoms. The molecule has 1 N–H and O–H groups in total. The van der Waals surface area contributed by atoms with E-state index in [2.05, 4.69) is 9.88 Å². The van der Waals surface area contributed by atoms with E-state index in [-0.39, 0.29) is 0 Å². The second kappa shape index (κ2) is 4.68. The summed E-state index contributed by atoms with van der Waals surface area (Å²) >= 11 is 1.35. The van der Waals surface area contributed by atoms with E-state index in [1.807, 2.05) is 0 Å². The highest BCUT2D eigenvalue weighted by Crippen LogP contribution is 2.45. The molecule has 0 amide bonds. The number of benzene rings is 1. The van der Waals surface area contributed by atoms with Crippen molar-refractivity contribution in [2.45, 2.75) is 30.5 Å². The molecule has 21 heavy (non-hydrogen) atoms. The van der Waals surface area contributed by atoms with Crippen LogP contribution in [0.1, 0.15) is 16.8 Å². The lowest BCUT2D eigenvalue weighted by Crippen LogP contribution is -2.18. The van der Waals surface area contributed by atoms with Gasteiger partial charge in [0.1, 0.15) is 0 Å². The van der Waals surface area contributed by atoms with Crippen molar-refractivity contribution < 1.29 is 13.2 Å². The Balaban J connectivity index is 2.05. The first-order valence-corrected chi connectivity index (χ1v) is 8.13. The van der Waals surface area contributed by atoms with Crippen LogP contribution in [-0.2, 0) is 25.6 Å². The summed E-state index contributed by atoms with van der Waals surface area (Å²) in [7, 11) is 0. The van der Waals surface area contributed by atoms with Crippen molar-refractivity contribution in [3.8, 4) is 0 Å². The van der Waals surface area contributed by atoms with E-state index in [0.717, 1.165) is 43.4 Å². The molecule has 2 aliphatic rings. The SMILES string of the molecule is FC(F)(F)c1ccc2c3c(n4c2c1SCC4)CCNCC3. The van der Waals surface area contributed by atoms with Gasteiger partial charge in [-0.05, 0) is 24.6 Å². The first kappa shape index (κ1) is 13.5. The second-order valence-corrected chi connectivity index (χ2v) is 6.62. The Bertz CT molecular complexity index is 718. The number of hydrogen-bond donors (Lipinski definition) is 1. The monoisotopic (exact) mass is 312 g/mol. The van der Waals surface area contributed by atoms with E-state index in [0.29, 0.717) is 10.6 Å². The fraction of sp³-hybridized carbons (Fsp3) is 0.467. The van der Waals surface area contributed by atoms with Gasteiger partial charge in [0.25, 0.3) is 0 Å². The molecule has 0 saturated carbocycles. The highest BCUT2D eigenvalue weighted by molar-refractivity contribution is 7.99. The molecule has 112 valence electrons. The van der Waals surface area contributed by atoms with Gasteiger partial charge < -0.3 is 9.88 Å². The van der Waals surface area contributed by atoms with Gasteiger partial charge >= 0.3 is 6.18 Å². The number of hydrogen-bond acceptors (Lipinski definition) is 2. The molecule has 3 heterocycles. The molecular formula is C15H15F3N2S. The zero-order valence-corrected chi connectivity index (χ0v) is 12.2. The van der Waals surface area contributed by atoms with Gasteiger partial charge in [-0.3, -0.25) is 0 Å². The summed E-state index contributed by atoms with van der Waals surface area (Å²) in [6.07, 6.45) is -2.48. The smallest absolute Gasteiger partial charge is 0.343 e. The summed E-state index contributed by atoms with van der Waals surface area (Å²) in [6.45, 7) is 2.61. The normalized spacial score (nSPS) is 18.6. The average molecular weight is 312 g/mol. The highest BCUT2D eigenvalue weighted by Gasteiger charge is 2.36. The molecule has 4 rings (SSSR count). The highest BCUT2D eigenvalue weighted by atomic mass is 32.2. The van der Waals surface area contributed by atoms with Crippen LogP contribution in [0, 0.1) is 0 Å². The maximum absolute atomic E-state index is 13.2. The van der Waals surface area contributed by atoms with Crippen molar-refractivity contribution in [2.24, 2.45) is 0 Å². The Kier molecular flexibility index (Phi) is 3.01. The first-order chi connectivity index (χ1) is 10.1. The molecule has 2 aliphatic heterocycles. The number of aryl methyl sites for hydroxylation is 1. The van der Waals surface area contributed by atoms with Crippen LogP contribution in [0.3, 0.4) is 0 Å². The molecule has 0 bridgehead atoms. The number of aromatic nitrogens is 1. The number of nitrogens with one attached hydrogen (secondary N) is 1. The molecular weight excluding hydrogens is 297 g/mol. The Labute approximate surface area is 124 Å². The van der Waals surface area contributed by atoms with E-state index < -0.39 is 11.7 Å². The number of rotatable bonds is 0. The van der Waals surface area contributed by atoms with E-state index in [1.54, 1.807) is 6.07 Å². The van der Waals surface area contributed by atoms with Crippen LogP contribution in [0.25, 0.3) is 10.9 Å². The van der Waals surface area contributed by atoms with Gasteiger partial charge in [0.05, 0.1) is 11.1 Å². The third-order valence-electron chi connectivity index (χ3n) is 4.36.